The quantitative estimate of drug-likeness (QED) is 0.490. The van der Waals surface area contributed by atoms with E-state index in [-0.39, 0.29) is 28.6 Å². The first kappa shape index (κ1) is 21.0. The number of nitrogens with zero attached hydrogens (tertiary/aromatic N) is 3. The Morgan fingerprint density at radius 1 is 1.16 bits per heavy atom. The summed E-state index contributed by atoms with van der Waals surface area (Å²) in [4.78, 5) is 26.0. The second-order valence-corrected chi connectivity index (χ2v) is 7.66. The molecule has 2 aromatic heterocycles. The van der Waals surface area contributed by atoms with E-state index in [9.17, 15) is 27.2 Å². The van der Waals surface area contributed by atoms with Crippen molar-refractivity contribution in [3.63, 3.8) is 0 Å². The number of hydrogen-bond acceptors (Lipinski definition) is 4. The predicted molar refractivity (Wildman–Crippen MR) is 104 cm³/mol. The predicted octanol–water partition coefficient (Wildman–Crippen LogP) is 4.29. The third-order valence-corrected chi connectivity index (χ3v) is 5.62. The molecular formula is C21H18F4N4O2. The number of fused-ring (bicyclic) bond motifs is 1. The fourth-order valence-corrected chi connectivity index (χ4v) is 3.99. The Labute approximate surface area is 174 Å². The van der Waals surface area contributed by atoms with Gasteiger partial charge in [-0.15, -0.1) is 0 Å². The van der Waals surface area contributed by atoms with Gasteiger partial charge in [0.1, 0.15) is 23.2 Å². The van der Waals surface area contributed by atoms with Crippen LogP contribution in [0.5, 0.6) is 0 Å². The summed E-state index contributed by atoms with van der Waals surface area (Å²) >= 11 is 0. The normalized spacial score (nSPS) is 19.5. The van der Waals surface area contributed by atoms with Gasteiger partial charge in [0.2, 0.25) is 0 Å². The van der Waals surface area contributed by atoms with Crippen molar-refractivity contribution < 1.29 is 27.2 Å². The largest absolute Gasteiger partial charge is 0.433 e. The molecule has 10 heteroatoms. The highest BCUT2D eigenvalue weighted by Gasteiger charge is 2.34. The fraction of sp³-hybridized carbons (Fsp3) is 0.333. The number of pyridine rings is 1. The molecule has 1 aliphatic rings. The number of carbonyl (C=O) groups is 2. The fourth-order valence-electron chi connectivity index (χ4n) is 3.99. The van der Waals surface area contributed by atoms with Crippen LogP contribution in [0.3, 0.4) is 0 Å². The van der Waals surface area contributed by atoms with Gasteiger partial charge >= 0.3 is 6.18 Å². The molecule has 6 nitrogen and oxygen atoms in total. The molecule has 0 radical (unpaired) electrons. The number of nitrogens with two attached hydrogens (primary N) is 1. The molecule has 1 saturated carbocycles. The van der Waals surface area contributed by atoms with Gasteiger partial charge in [-0.25, -0.2) is 9.37 Å². The zero-order chi connectivity index (χ0) is 22.3. The highest BCUT2D eigenvalue weighted by molar-refractivity contribution is 5.99. The second kappa shape index (κ2) is 7.75. The number of amides is 1. The van der Waals surface area contributed by atoms with Crippen molar-refractivity contribution in [2.24, 2.45) is 11.7 Å². The lowest BCUT2D eigenvalue weighted by Crippen LogP contribution is -2.19. The van der Waals surface area contributed by atoms with Crippen LogP contribution in [0.25, 0.3) is 22.0 Å². The molecule has 0 saturated heterocycles. The summed E-state index contributed by atoms with van der Waals surface area (Å²) in [5, 5.41) is 4.76. The van der Waals surface area contributed by atoms with Crippen LogP contribution in [0.2, 0.25) is 0 Å². The standard InChI is InChI=1S/C21H18F4N4O2/c22-16-8-12(15-5-6-17(21(23,24)25)27-19(15)20(26)31)7-13-9-29(28-18(13)16)14-3-1-11(10-30)2-4-14/h5-11,14H,1-4H2,(H2,26,31). The number of halogens is 4. The molecule has 2 N–H and O–H groups in total. The van der Waals surface area contributed by atoms with E-state index >= 15 is 0 Å². The number of benzene rings is 1. The van der Waals surface area contributed by atoms with Gasteiger partial charge in [0.05, 0.1) is 6.04 Å². The van der Waals surface area contributed by atoms with E-state index in [1.54, 1.807) is 10.9 Å². The number of aldehydes is 1. The highest BCUT2D eigenvalue weighted by atomic mass is 19.4. The van der Waals surface area contributed by atoms with Crippen LogP contribution in [0.4, 0.5) is 17.6 Å². The van der Waals surface area contributed by atoms with Crippen LogP contribution < -0.4 is 5.73 Å². The molecular weight excluding hydrogens is 416 g/mol. The molecule has 2 heterocycles. The smallest absolute Gasteiger partial charge is 0.364 e. The summed E-state index contributed by atoms with van der Waals surface area (Å²) < 4.78 is 55.3. The van der Waals surface area contributed by atoms with Gasteiger partial charge in [-0.3, -0.25) is 9.48 Å². The third kappa shape index (κ3) is 4.01. The van der Waals surface area contributed by atoms with E-state index in [0.29, 0.717) is 5.39 Å². The summed E-state index contributed by atoms with van der Waals surface area (Å²) in [7, 11) is 0. The molecule has 1 aliphatic carbocycles. The maximum Gasteiger partial charge on any atom is 0.433 e. The van der Waals surface area contributed by atoms with Crippen molar-refractivity contribution in [3.8, 4) is 11.1 Å². The summed E-state index contributed by atoms with van der Waals surface area (Å²) in [6, 6.07) is 4.44. The maximum atomic E-state index is 14.8. The Morgan fingerprint density at radius 2 is 1.87 bits per heavy atom. The van der Waals surface area contributed by atoms with Crippen LogP contribution in [0.1, 0.15) is 47.9 Å². The Hall–Kier alpha value is -3.30. The van der Waals surface area contributed by atoms with Gasteiger partial charge in [0.25, 0.3) is 5.91 Å². The van der Waals surface area contributed by atoms with E-state index in [2.05, 4.69) is 10.1 Å². The lowest BCUT2D eigenvalue weighted by molar-refractivity contribution is -0.141. The molecule has 162 valence electrons. The molecule has 4 rings (SSSR count). The zero-order valence-corrected chi connectivity index (χ0v) is 16.2. The molecule has 1 aromatic carbocycles. The van der Waals surface area contributed by atoms with E-state index < -0.39 is 29.3 Å². The van der Waals surface area contributed by atoms with Crippen molar-refractivity contribution in [2.45, 2.75) is 37.9 Å². The number of rotatable bonds is 4. The number of aromatic nitrogens is 3. The van der Waals surface area contributed by atoms with Crippen molar-refractivity contribution in [2.75, 3.05) is 0 Å². The van der Waals surface area contributed by atoms with E-state index in [1.165, 1.54) is 6.07 Å². The number of alkyl halides is 3. The molecule has 3 aromatic rings. The van der Waals surface area contributed by atoms with Crippen LogP contribution in [0.15, 0.2) is 30.5 Å². The molecule has 0 spiro atoms. The lowest BCUT2D eigenvalue weighted by atomic mass is 9.87. The lowest BCUT2D eigenvalue weighted by Gasteiger charge is -2.25. The Kier molecular flexibility index (Phi) is 5.24. The second-order valence-electron chi connectivity index (χ2n) is 7.66. The average molecular weight is 434 g/mol. The Bertz CT molecular complexity index is 1160. The molecule has 0 atom stereocenters. The van der Waals surface area contributed by atoms with Crippen LogP contribution in [-0.4, -0.2) is 27.0 Å². The van der Waals surface area contributed by atoms with Crippen molar-refractivity contribution >= 4 is 23.1 Å². The average Bonchev–Trinajstić information content (AvgIpc) is 3.17. The van der Waals surface area contributed by atoms with Crippen LogP contribution in [-0.2, 0) is 11.0 Å². The molecule has 0 aliphatic heterocycles. The van der Waals surface area contributed by atoms with E-state index in [1.807, 2.05) is 0 Å². The molecule has 0 unspecified atom stereocenters. The van der Waals surface area contributed by atoms with Gasteiger partial charge in [-0.05, 0) is 55.5 Å². The van der Waals surface area contributed by atoms with Crippen molar-refractivity contribution in [3.05, 3.63) is 47.7 Å². The summed E-state index contributed by atoms with van der Waals surface area (Å²) in [5.41, 5.74) is 3.67. The van der Waals surface area contributed by atoms with E-state index in [4.69, 9.17) is 5.73 Å². The summed E-state index contributed by atoms with van der Waals surface area (Å²) in [6.07, 6.45) is 0.809. The topological polar surface area (TPSA) is 90.9 Å². The third-order valence-electron chi connectivity index (χ3n) is 5.62. The highest BCUT2D eigenvalue weighted by Crippen LogP contribution is 2.35. The van der Waals surface area contributed by atoms with Gasteiger partial charge in [0.15, 0.2) is 5.82 Å². The molecule has 1 amide bonds. The number of carbonyl (C=O) groups excluding carboxylic acids is 2. The SMILES string of the molecule is NC(=O)c1nc(C(F)(F)F)ccc1-c1cc(F)c2nn(C3CCC(C=O)CC3)cc2c1. The minimum atomic E-state index is -4.75. The van der Waals surface area contributed by atoms with Crippen molar-refractivity contribution in [1.29, 1.82) is 0 Å². The van der Waals surface area contributed by atoms with E-state index in [0.717, 1.165) is 50.2 Å². The monoisotopic (exact) mass is 434 g/mol. The first-order valence-corrected chi connectivity index (χ1v) is 9.69. The van der Waals surface area contributed by atoms with Gasteiger partial charge < -0.3 is 10.5 Å². The minimum absolute atomic E-state index is 0.000501. The molecule has 1 fully saturated rings. The summed E-state index contributed by atoms with van der Waals surface area (Å²) in [6.45, 7) is 0. The number of primary amides is 1. The molecule has 31 heavy (non-hydrogen) atoms. The van der Waals surface area contributed by atoms with Crippen LogP contribution >= 0.6 is 0 Å². The first-order valence-electron chi connectivity index (χ1n) is 9.69. The number of hydrogen-bond donors (Lipinski definition) is 1. The zero-order valence-electron chi connectivity index (χ0n) is 16.2. The summed E-state index contributed by atoms with van der Waals surface area (Å²) in [5.74, 6) is -1.80. The Morgan fingerprint density at radius 3 is 2.48 bits per heavy atom. The van der Waals surface area contributed by atoms with Crippen LogP contribution in [0, 0.1) is 11.7 Å². The first-order chi connectivity index (χ1) is 14.7. The Balaban J connectivity index is 1.74. The van der Waals surface area contributed by atoms with Crippen molar-refractivity contribution in [1.82, 2.24) is 14.8 Å². The van der Waals surface area contributed by atoms with Gasteiger partial charge in [0, 0.05) is 23.1 Å². The molecule has 0 bridgehead atoms. The van der Waals surface area contributed by atoms with Gasteiger partial charge in [-0.1, -0.05) is 0 Å². The van der Waals surface area contributed by atoms with Gasteiger partial charge in [-0.2, -0.15) is 18.3 Å². The maximum absolute atomic E-state index is 14.8. The minimum Gasteiger partial charge on any atom is -0.364 e.